The number of halogens is 1. The second-order valence-corrected chi connectivity index (χ2v) is 8.15. The molecule has 0 aliphatic rings. The van der Waals surface area contributed by atoms with Gasteiger partial charge in [-0.25, -0.2) is 13.4 Å². The maximum Gasteiger partial charge on any atom is 0.252 e. The van der Waals surface area contributed by atoms with Crippen molar-refractivity contribution >= 4 is 48.4 Å². The predicted octanol–water partition coefficient (Wildman–Crippen LogP) is 1.78. The molecule has 128 valence electrons. The van der Waals surface area contributed by atoms with E-state index in [1.807, 2.05) is 24.3 Å². The van der Waals surface area contributed by atoms with E-state index in [9.17, 15) is 8.42 Å². The first-order chi connectivity index (χ1) is 11.9. The third-order valence-electron chi connectivity index (χ3n) is 3.49. The van der Waals surface area contributed by atoms with E-state index in [1.165, 1.54) is 10.7 Å². The molecule has 11 heteroatoms. The Labute approximate surface area is 150 Å². The Balaban J connectivity index is 1.72. The van der Waals surface area contributed by atoms with Gasteiger partial charge in [0, 0.05) is 6.26 Å². The Hall–Kier alpha value is -2.53. The zero-order valence-corrected chi connectivity index (χ0v) is 15.3. The fraction of sp³-hybridized carbons (Fsp3) is 0.143. The summed E-state index contributed by atoms with van der Waals surface area (Å²) >= 11 is 3.31. The lowest BCUT2D eigenvalue weighted by Crippen LogP contribution is -2.13. The number of nitrogens with one attached hydrogen (secondary N) is 2. The summed E-state index contributed by atoms with van der Waals surface area (Å²) in [5, 5.41) is 6.94. The predicted molar refractivity (Wildman–Crippen MR) is 95.0 cm³/mol. The van der Waals surface area contributed by atoms with E-state index in [2.05, 4.69) is 46.3 Å². The van der Waals surface area contributed by atoms with Crippen LogP contribution in [0.5, 0.6) is 0 Å². The van der Waals surface area contributed by atoms with Crippen LogP contribution >= 0.6 is 15.9 Å². The number of anilines is 1. The van der Waals surface area contributed by atoms with Crippen LogP contribution in [-0.4, -0.2) is 44.2 Å². The number of hydrogen-bond donors (Lipinski definition) is 2. The van der Waals surface area contributed by atoms with Gasteiger partial charge in [0.1, 0.15) is 5.82 Å². The van der Waals surface area contributed by atoms with Crippen molar-refractivity contribution in [2.45, 2.75) is 11.7 Å². The molecule has 2 N–H and O–H groups in total. The van der Waals surface area contributed by atoms with Gasteiger partial charge in [-0.05, 0) is 28.1 Å². The summed E-state index contributed by atoms with van der Waals surface area (Å²) in [6, 6.07) is 7.67. The number of imidazole rings is 1. The lowest BCUT2D eigenvalue weighted by molar-refractivity contribution is 0.592. The van der Waals surface area contributed by atoms with Gasteiger partial charge in [0.25, 0.3) is 5.16 Å². The molecule has 0 radical (unpaired) electrons. The molecule has 0 bridgehead atoms. The Morgan fingerprint density at radius 2 is 2.04 bits per heavy atom. The monoisotopic (exact) mass is 421 g/mol. The van der Waals surface area contributed by atoms with Crippen molar-refractivity contribution in [1.29, 1.82) is 0 Å². The van der Waals surface area contributed by atoms with Crippen LogP contribution in [0.1, 0.15) is 5.82 Å². The molecule has 0 aliphatic heterocycles. The van der Waals surface area contributed by atoms with Crippen LogP contribution < -0.4 is 5.32 Å². The van der Waals surface area contributed by atoms with Crippen LogP contribution in [0.3, 0.4) is 0 Å². The Bertz CT molecular complexity index is 1170. The number of rotatable bonds is 4. The summed E-state index contributed by atoms with van der Waals surface area (Å²) in [6.45, 7) is 0.321. The van der Waals surface area contributed by atoms with E-state index in [0.29, 0.717) is 22.5 Å². The average Bonchev–Trinajstić information content (AvgIpc) is 3.15. The minimum atomic E-state index is -3.56. The highest BCUT2D eigenvalue weighted by atomic mass is 79.9. The minimum Gasteiger partial charge on any atom is -0.347 e. The summed E-state index contributed by atoms with van der Waals surface area (Å²) in [6.07, 6.45) is 2.59. The van der Waals surface area contributed by atoms with Crippen molar-refractivity contribution in [3.8, 4) is 0 Å². The van der Waals surface area contributed by atoms with Gasteiger partial charge >= 0.3 is 0 Å². The second kappa shape index (κ2) is 5.77. The standard InChI is InChI=1S/C14H12BrN7O2S/c1-25(23,24)14-20-12-8(15)6-17-22(12)13(21-14)16-7-11-18-9-4-2-3-5-10(9)19-11/h2-6H,7H2,1H3,(H,18,19)(H,16,20,21). The normalized spacial score (nSPS) is 12.1. The molecule has 3 aromatic heterocycles. The smallest absolute Gasteiger partial charge is 0.252 e. The lowest BCUT2D eigenvalue weighted by Gasteiger charge is -2.07. The number of H-pyrrole nitrogens is 1. The number of sulfone groups is 1. The zero-order valence-electron chi connectivity index (χ0n) is 12.9. The molecular weight excluding hydrogens is 410 g/mol. The average molecular weight is 422 g/mol. The van der Waals surface area contributed by atoms with Crippen molar-refractivity contribution in [1.82, 2.24) is 29.5 Å². The molecule has 25 heavy (non-hydrogen) atoms. The van der Waals surface area contributed by atoms with Gasteiger partial charge in [-0.1, -0.05) is 12.1 Å². The second-order valence-electron chi connectivity index (χ2n) is 5.38. The lowest BCUT2D eigenvalue weighted by atomic mass is 10.3. The molecular formula is C14H12BrN7O2S. The van der Waals surface area contributed by atoms with Gasteiger partial charge in [-0.15, -0.1) is 0 Å². The molecule has 0 saturated heterocycles. The molecule has 0 fully saturated rings. The van der Waals surface area contributed by atoms with Gasteiger partial charge in [-0.3, -0.25) is 0 Å². The van der Waals surface area contributed by atoms with Crippen LogP contribution in [0.2, 0.25) is 0 Å². The number of hydrogen-bond acceptors (Lipinski definition) is 7. The first-order valence-electron chi connectivity index (χ1n) is 7.20. The highest BCUT2D eigenvalue weighted by Crippen LogP contribution is 2.20. The Morgan fingerprint density at radius 1 is 1.24 bits per heavy atom. The molecule has 0 atom stereocenters. The number of aromatic nitrogens is 6. The van der Waals surface area contributed by atoms with Crippen molar-refractivity contribution in [2.24, 2.45) is 0 Å². The molecule has 0 amide bonds. The maximum atomic E-state index is 11.8. The molecule has 4 rings (SSSR count). The first kappa shape index (κ1) is 16.0. The molecule has 0 unspecified atom stereocenters. The van der Waals surface area contributed by atoms with Crippen LogP contribution in [0.15, 0.2) is 40.1 Å². The number of para-hydroxylation sites is 2. The minimum absolute atomic E-state index is 0.261. The molecule has 0 spiro atoms. The van der Waals surface area contributed by atoms with E-state index in [-0.39, 0.29) is 11.1 Å². The van der Waals surface area contributed by atoms with Crippen molar-refractivity contribution in [3.05, 3.63) is 40.8 Å². The van der Waals surface area contributed by atoms with Crippen molar-refractivity contribution in [2.75, 3.05) is 11.6 Å². The molecule has 1 aromatic carbocycles. The summed E-state index contributed by atoms with van der Waals surface area (Å²) in [7, 11) is -3.56. The van der Waals surface area contributed by atoms with Gasteiger partial charge in [0.2, 0.25) is 15.8 Å². The van der Waals surface area contributed by atoms with Gasteiger partial charge < -0.3 is 10.3 Å². The summed E-state index contributed by atoms with van der Waals surface area (Å²) in [4.78, 5) is 15.8. The number of aromatic amines is 1. The van der Waals surface area contributed by atoms with E-state index in [0.717, 1.165) is 17.3 Å². The molecule has 9 nitrogen and oxygen atoms in total. The van der Waals surface area contributed by atoms with Crippen LogP contribution in [0, 0.1) is 0 Å². The molecule has 4 aromatic rings. The topological polar surface area (TPSA) is 118 Å². The molecule has 0 saturated carbocycles. The van der Waals surface area contributed by atoms with E-state index >= 15 is 0 Å². The van der Waals surface area contributed by atoms with Crippen LogP contribution in [-0.2, 0) is 16.4 Å². The Morgan fingerprint density at radius 3 is 2.80 bits per heavy atom. The quantitative estimate of drug-likeness (QED) is 0.515. The van der Waals surface area contributed by atoms with E-state index in [4.69, 9.17) is 0 Å². The van der Waals surface area contributed by atoms with E-state index < -0.39 is 9.84 Å². The van der Waals surface area contributed by atoms with Crippen LogP contribution in [0.4, 0.5) is 5.95 Å². The third-order valence-corrected chi connectivity index (χ3v) is 4.89. The van der Waals surface area contributed by atoms with Crippen molar-refractivity contribution < 1.29 is 8.42 Å². The van der Waals surface area contributed by atoms with E-state index in [1.54, 1.807) is 0 Å². The van der Waals surface area contributed by atoms with Crippen molar-refractivity contribution in [3.63, 3.8) is 0 Å². The summed E-state index contributed by atoms with van der Waals surface area (Å²) in [5.41, 5.74) is 2.14. The number of benzene rings is 1. The third kappa shape index (κ3) is 2.96. The van der Waals surface area contributed by atoms with Gasteiger partial charge in [-0.2, -0.15) is 19.6 Å². The highest BCUT2D eigenvalue weighted by molar-refractivity contribution is 9.10. The largest absolute Gasteiger partial charge is 0.347 e. The molecule has 3 heterocycles. The molecule has 0 aliphatic carbocycles. The Kier molecular flexibility index (Phi) is 3.69. The number of fused-ring (bicyclic) bond motifs is 2. The highest BCUT2D eigenvalue weighted by Gasteiger charge is 2.18. The van der Waals surface area contributed by atoms with Crippen LogP contribution in [0.25, 0.3) is 16.7 Å². The van der Waals surface area contributed by atoms with Gasteiger partial charge in [0.05, 0.1) is 28.2 Å². The first-order valence-corrected chi connectivity index (χ1v) is 9.89. The summed E-state index contributed by atoms with van der Waals surface area (Å²) < 4.78 is 25.7. The maximum absolute atomic E-state index is 11.8. The zero-order chi connectivity index (χ0) is 17.6. The van der Waals surface area contributed by atoms with Gasteiger partial charge in [0.15, 0.2) is 5.65 Å². The fourth-order valence-electron chi connectivity index (χ4n) is 2.36. The fourth-order valence-corrected chi connectivity index (χ4v) is 3.22. The SMILES string of the molecule is CS(=O)(=O)c1nc(NCc2nc3ccccc3[nH]2)n2ncc(Br)c2n1. The number of nitrogens with zero attached hydrogens (tertiary/aromatic N) is 5. The summed E-state index contributed by atoms with van der Waals surface area (Å²) in [5.74, 6) is 0.955.